The summed E-state index contributed by atoms with van der Waals surface area (Å²) in [7, 11) is 0. The van der Waals surface area contributed by atoms with Gasteiger partial charge in [0.15, 0.2) is 0 Å². The molecule has 2 fully saturated rings. The van der Waals surface area contributed by atoms with Crippen LogP contribution in [0.15, 0.2) is 42.6 Å². The highest BCUT2D eigenvalue weighted by molar-refractivity contribution is 5.94. The molecule has 1 amide bonds. The summed E-state index contributed by atoms with van der Waals surface area (Å²) in [6.07, 6.45) is 5.21. The van der Waals surface area contributed by atoms with Crippen LogP contribution < -0.4 is 10.1 Å². The molecule has 1 N–H and O–H groups in total. The van der Waals surface area contributed by atoms with Crippen molar-refractivity contribution in [3.63, 3.8) is 0 Å². The second kappa shape index (κ2) is 7.06. The van der Waals surface area contributed by atoms with Crippen LogP contribution in [-0.4, -0.2) is 16.9 Å². The number of pyridine rings is 1. The zero-order valence-corrected chi connectivity index (χ0v) is 14.8. The average molecular weight is 354 g/mol. The highest BCUT2D eigenvalue weighted by Crippen LogP contribution is 2.49. The third kappa shape index (κ3) is 3.43. The van der Waals surface area contributed by atoms with Gasteiger partial charge in [0, 0.05) is 18.3 Å². The molecule has 4 rings (SSSR count). The lowest BCUT2D eigenvalue weighted by Gasteiger charge is -2.23. The molecule has 0 saturated heterocycles. The predicted molar refractivity (Wildman–Crippen MR) is 96.2 cm³/mol. The van der Waals surface area contributed by atoms with Gasteiger partial charge in [-0.25, -0.2) is 4.39 Å². The number of carbonyl (C=O) groups excluding carboxylic acids is 1. The minimum absolute atomic E-state index is 0.0557. The highest BCUT2D eigenvalue weighted by Gasteiger charge is 2.45. The van der Waals surface area contributed by atoms with Gasteiger partial charge in [0.25, 0.3) is 5.91 Å². The van der Waals surface area contributed by atoms with Crippen LogP contribution in [0.5, 0.6) is 5.75 Å². The number of hydrogen-bond donors (Lipinski definition) is 1. The van der Waals surface area contributed by atoms with Gasteiger partial charge in [0.05, 0.1) is 11.3 Å². The molecule has 26 heavy (non-hydrogen) atoms. The number of nitrogens with one attached hydrogen (secondary N) is 1. The Morgan fingerprint density at radius 3 is 2.85 bits per heavy atom. The maximum atomic E-state index is 13.1. The van der Waals surface area contributed by atoms with E-state index in [0.29, 0.717) is 29.0 Å². The molecule has 0 spiro atoms. The van der Waals surface area contributed by atoms with Gasteiger partial charge >= 0.3 is 0 Å². The summed E-state index contributed by atoms with van der Waals surface area (Å²) in [4.78, 5) is 16.8. The van der Waals surface area contributed by atoms with Crippen LogP contribution in [0.25, 0.3) is 0 Å². The van der Waals surface area contributed by atoms with Crippen LogP contribution in [0.4, 0.5) is 4.39 Å². The van der Waals surface area contributed by atoms with Gasteiger partial charge < -0.3 is 10.1 Å². The standard InChI is InChI=1S/C21H23FN2O2/c1-13-14-6-8-19(13)20(9-14)24-21(25)15-5-7-17(23-11-15)12-26-18-4-2-3-16(22)10-18/h2-5,7,10-11,13-14,19-20H,6,8-9,12H2,1H3,(H,24,25). The van der Waals surface area contributed by atoms with E-state index in [0.717, 1.165) is 18.3 Å². The van der Waals surface area contributed by atoms with E-state index in [1.807, 2.05) is 0 Å². The molecule has 2 aromatic rings. The Hall–Kier alpha value is -2.43. The monoisotopic (exact) mass is 354 g/mol. The smallest absolute Gasteiger partial charge is 0.253 e. The van der Waals surface area contributed by atoms with Gasteiger partial charge in [0.2, 0.25) is 0 Å². The Kier molecular flexibility index (Phi) is 4.62. The molecule has 4 unspecified atom stereocenters. The first-order valence-electron chi connectivity index (χ1n) is 9.24. The molecule has 0 aliphatic heterocycles. The number of nitrogens with zero attached hydrogens (tertiary/aromatic N) is 1. The molecule has 136 valence electrons. The lowest BCUT2D eigenvalue weighted by atomic mass is 9.94. The second-order valence-electron chi connectivity index (χ2n) is 7.46. The summed E-state index contributed by atoms with van der Waals surface area (Å²) in [5.41, 5.74) is 1.26. The molecule has 4 nitrogen and oxygen atoms in total. The Morgan fingerprint density at radius 2 is 2.19 bits per heavy atom. The van der Waals surface area contributed by atoms with E-state index in [1.165, 1.54) is 25.0 Å². The molecule has 2 saturated carbocycles. The maximum absolute atomic E-state index is 13.1. The quantitative estimate of drug-likeness (QED) is 0.884. The summed E-state index contributed by atoms with van der Waals surface area (Å²) in [6, 6.07) is 9.84. The van der Waals surface area contributed by atoms with Gasteiger partial charge in [0.1, 0.15) is 18.2 Å². The van der Waals surface area contributed by atoms with Gasteiger partial charge in [-0.05, 0) is 61.3 Å². The molecule has 0 radical (unpaired) electrons. The minimum atomic E-state index is -0.336. The predicted octanol–water partition coefficient (Wildman–Crippen LogP) is 3.96. The first kappa shape index (κ1) is 17.0. The number of hydrogen-bond acceptors (Lipinski definition) is 3. The van der Waals surface area contributed by atoms with Crippen molar-refractivity contribution in [2.45, 2.75) is 38.8 Å². The van der Waals surface area contributed by atoms with Gasteiger partial charge in [-0.3, -0.25) is 9.78 Å². The topological polar surface area (TPSA) is 51.2 Å². The minimum Gasteiger partial charge on any atom is -0.487 e. The number of benzene rings is 1. The molecule has 2 bridgehead atoms. The fraction of sp³-hybridized carbons (Fsp3) is 0.429. The van der Waals surface area contributed by atoms with Crippen LogP contribution in [0.3, 0.4) is 0 Å². The van der Waals surface area contributed by atoms with E-state index in [1.54, 1.807) is 30.5 Å². The van der Waals surface area contributed by atoms with Crippen molar-refractivity contribution in [3.8, 4) is 5.75 Å². The van der Waals surface area contributed by atoms with Gasteiger partial charge in [-0.1, -0.05) is 13.0 Å². The van der Waals surface area contributed by atoms with Gasteiger partial charge in [-0.2, -0.15) is 0 Å². The normalized spacial score (nSPS) is 26.7. The van der Waals surface area contributed by atoms with E-state index in [4.69, 9.17) is 4.74 Å². The van der Waals surface area contributed by atoms with E-state index >= 15 is 0 Å². The third-order valence-electron chi connectivity index (χ3n) is 5.95. The molecule has 2 aliphatic carbocycles. The zero-order valence-electron chi connectivity index (χ0n) is 14.8. The Labute approximate surface area is 152 Å². The number of halogens is 1. The van der Waals surface area contributed by atoms with E-state index < -0.39 is 0 Å². The molecular formula is C21H23FN2O2. The lowest BCUT2D eigenvalue weighted by Crippen LogP contribution is -2.39. The van der Waals surface area contributed by atoms with Crippen molar-refractivity contribution in [2.75, 3.05) is 0 Å². The fourth-order valence-corrected chi connectivity index (χ4v) is 4.46. The number of aromatic nitrogens is 1. The van der Waals surface area contributed by atoms with E-state index in [-0.39, 0.29) is 18.3 Å². The van der Waals surface area contributed by atoms with Crippen LogP contribution >= 0.6 is 0 Å². The van der Waals surface area contributed by atoms with Crippen molar-refractivity contribution < 1.29 is 13.9 Å². The molecule has 5 heteroatoms. The zero-order chi connectivity index (χ0) is 18.1. The van der Waals surface area contributed by atoms with Crippen LogP contribution in [0, 0.1) is 23.6 Å². The number of carbonyl (C=O) groups is 1. The van der Waals surface area contributed by atoms with Crippen molar-refractivity contribution in [1.29, 1.82) is 0 Å². The molecule has 1 aromatic carbocycles. The van der Waals surface area contributed by atoms with Crippen LogP contribution in [0.1, 0.15) is 42.2 Å². The molecule has 2 aliphatic rings. The number of ether oxygens (including phenoxy) is 1. The highest BCUT2D eigenvalue weighted by atomic mass is 19.1. The van der Waals surface area contributed by atoms with Gasteiger partial charge in [-0.15, -0.1) is 0 Å². The summed E-state index contributed by atoms with van der Waals surface area (Å²) in [5, 5.41) is 3.19. The number of rotatable bonds is 5. The summed E-state index contributed by atoms with van der Waals surface area (Å²) < 4.78 is 18.7. The fourth-order valence-electron chi connectivity index (χ4n) is 4.46. The molecule has 4 atom stereocenters. The Balaban J connectivity index is 1.33. The average Bonchev–Trinajstić information content (AvgIpc) is 3.14. The van der Waals surface area contributed by atoms with Crippen LogP contribution in [-0.2, 0) is 6.61 Å². The van der Waals surface area contributed by atoms with Crippen LogP contribution in [0.2, 0.25) is 0 Å². The first-order chi connectivity index (χ1) is 12.6. The first-order valence-corrected chi connectivity index (χ1v) is 9.24. The second-order valence-corrected chi connectivity index (χ2v) is 7.46. The maximum Gasteiger partial charge on any atom is 0.253 e. The SMILES string of the molecule is CC1C2CCC1C(NC(=O)c1ccc(COc3cccc(F)c3)nc1)C2. The largest absolute Gasteiger partial charge is 0.487 e. The van der Waals surface area contributed by atoms with E-state index in [9.17, 15) is 9.18 Å². The molecular weight excluding hydrogens is 331 g/mol. The van der Waals surface area contributed by atoms with E-state index in [2.05, 4.69) is 17.2 Å². The van der Waals surface area contributed by atoms with Crippen molar-refractivity contribution in [3.05, 3.63) is 59.7 Å². The van der Waals surface area contributed by atoms with Crippen molar-refractivity contribution >= 4 is 5.91 Å². The summed E-state index contributed by atoms with van der Waals surface area (Å²) in [5.74, 6) is 2.18. The number of fused-ring (bicyclic) bond motifs is 2. The number of amides is 1. The summed E-state index contributed by atoms with van der Waals surface area (Å²) in [6.45, 7) is 2.54. The summed E-state index contributed by atoms with van der Waals surface area (Å²) >= 11 is 0. The molecule has 1 aromatic heterocycles. The van der Waals surface area contributed by atoms with Crippen molar-refractivity contribution in [1.82, 2.24) is 10.3 Å². The molecule has 1 heterocycles. The Morgan fingerprint density at radius 1 is 1.31 bits per heavy atom. The third-order valence-corrected chi connectivity index (χ3v) is 5.95. The Bertz CT molecular complexity index is 793. The lowest BCUT2D eigenvalue weighted by molar-refractivity contribution is 0.0921. The van der Waals surface area contributed by atoms with Crippen molar-refractivity contribution in [2.24, 2.45) is 17.8 Å².